The summed E-state index contributed by atoms with van der Waals surface area (Å²) >= 11 is 0. The molecule has 0 fully saturated rings. The molecule has 0 aromatic heterocycles. The Morgan fingerprint density at radius 2 is 1.35 bits per heavy atom. The van der Waals surface area contributed by atoms with Crippen molar-refractivity contribution in [2.45, 2.75) is 73.0 Å². The zero-order chi connectivity index (χ0) is 15.8. The second-order valence-corrected chi connectivity index (χ2v) is 8.19. The van der Waals surface area contributed by atoms with E-state index in [4.69, 9.17) is 14.2 Å². The first kappa shape index (κ1) is 20.1. The van der Waals surface area contributed by atoms with Crippen LogP contribution in [0.1, 0.15) is 60.8 Å². The molecule has 0 spiro atoms. The van der Waals surface area contributed by atoms with Crippen LogP contribution in [0.15, 0.2) is 0 Å². The molecule has 0 aliphatic carbocycles. The number of aliphatic hydroxyl groups excluding tert-OH is 1. The molecular weight excluding hydrogens is 275 g/mol. The largest absolute Gasteiger partial charge is 0.396 e. The highest BCUT2D eigenvalue weighted by Crippen LogP contribution is 2.55. The van der Waals surface area contributed by atoms with Crippen molar-refractivity contribution in [1.82, 2.24) is 0 Å². The van der Waals surface area contributed by atoms with Crippen LogP contribution in [0.2, 0.25) is 0 Å². The van der Waals surface area contributed by atoms with E-state index in [0.29, 0.717) is 18.3 Å². The molecule has 0 aromatic carbocycles. The molecule has 4 nitrogen and oxygen atoms in total. The molecule has 0 aromatic rings. The number of rotatable bonds is 11. The van der Waals surface area contributed by atoms with Crippen molar-refractivity contribution in [2.75, 3.05) is 6.61 Å². The third kappa shape index (κ3) is 9.93. The van der Waals surface area contributed by atoms with Gasteiger partial charge in [-0.2, -0.15) is 0 Å². The van der Waals surface area contributed by atoms with E-state index in [0.717, 1.165) is 12.8 Å². The van der Waals surface area contributed by atoms with Crippen LogP contribution in [-0.2, 0) is 13.6 Å². The van der Waals surface area contributed by atoms with Gasteiger partial charge in [-0.1, -0.05) is 27.7 Å². The Balaban J connectivity index is 4.60. The fourth-order valence-electron chi connectivity index (χ4n) is 2.24. The Morgan fingerprint density at radius 1 is 0.950 bits per heavy atom. The van der Waals surface area contributed by atoms with Crippen molar-refractivity contribution >= 4 is 7.60 Å². The molecule has 2 unspecified atom stereocenters. The molecule has 0 saturated heterocycles. The molecule has 0 rings (SSSR count). The monoisotopic (exact) mass is 307 g/mol. The van der Waals surface area contributed by atoms with Crippen LogP contribution < -0.4 is 0 Å². The second-order valence-electron chi connectivity index (χ2n) is 6.33. The maximum atomic E-state index is 12.7. The maximum Gasteiger partial charge on any atom is 0.335 e. The molecule has 121 valence electrons. The summed E-state index contributed by atoms with van der Waals surface area (Å²) in [5.74, 6) is 0.953. The Hall–Kier alpha value is 0.110. The summed E-state index contributed by atoms with van der Waals surface area (Å²) < 4.78 is 24.1. The molecule has 2 atom stereocenters. The fourth-order valence-corrected chi connectivity index (χ4v) is 4.07. The molecule has 20 heavy (non-hydrogen) atoms. The van der Waals surface area contributed by atoms with E-state index in [1.807, 2.05) is 13.8 Å². The van der Waals surface area contributed by atoms with E-state index in [-0.39, 0.29) is 18.8 Å². The molecule has 0 aliphatic heterocycles. The topological polar surface area (TPSA) is 55.8 Å². The summed E-state index contributed by atoms with van der Waals surface area (Å²) in [4.78, 5) is 0. The van der Waals surface area contributed by atoms with Crippen LogP contribution in [0.4, 0.5) is 0 Å². The highest BCUT2D eigenvalue weighted by atomic mass is 31.2. The average molecular weight is 307 g/mol. The van der Waals surface area contributed by atoms with Gasteiger partial charge in [0.15, 0.2) is 0 Å². The van der Waals surface area contributed by atoms with Crippen molar-refractivity contribution in [3.05, 3.63) is 6.16 Å². The third-order valence-electron chi connectivity index (χ3n) is 2.74. The van der Waals surface area contributed by atoms with Crippen molar-refractivity contribution < 1.29 is 18.7 Å². The van der Waals surface area contributed by atoms with Gasteiger partial charge in [-0.15, -0.1) is 0 Å². The summed E-state index contributed by atoms with van der Waals surface area (Å²) in [7, 11) is -3.25. The van der Waals surface area contributed by atoms with Crippen molar-refractivity contribution in [2.24, 2.45) is 11.8 Å². The molecule has 5 heteroatoms. The lowest BCUT2D eigenvalue weighted by Gasteiger charge is -2.26. The first-order valence-electron chi connectivity index (χ1n) is 7.60. The minimum Gasteiger partial charge on any atom is -0.396 e. The maximum absolute atomic E-state index is 12.7. The van der Waals surface area contributed by atoms with E-state index >= 15 is 0 Å². The first-order chi connectivity index (χ1) is 9.18. The van der Waals surface area contributed by atoms with Gasteiger partial charge >= 0.3 is 7.60 Å². The molecular formula is C15H32O4P. The van der Waals surface area contributed by atoms with E-state index < -0.39 is 7.60 Å². The molecule has 0 heterocycles. The Bertz CT molecular complexity index is 270. The van der Waals surface area contributed by atoms with E-state index in [1.54, 1.807) is 0 Å². The highest BCUT2D eigenvalue weighted by Gasteiger charge is 2.30. The molecule has 1 N–H and O–H groups in total. The number of hydrogen-bond donors (Lipinski definition) is 1. The minimum absolute atomic E-state index is 0.0478. The van der Waals surface area contributed by atoms with Crippen LogP contribution in [-0.4, -0.2) is 23.9 Å². The first-order valence-corrected chi connectivity index (χ1v) is 9.21. The van der Waals surface area contributed by atoms with Gasteiger partial charge in [0.25, 0.3) is 0 Å². The summed E-state index contributed by atoms with van der Waals surface area (Å²) in [6.07, 6.45) is 3.24. The predicted molar refractivity (Wildman–Crippen MR) is 83.6 cm³/mol. The van der Waals surface area contributed by atoms with Gasteiger partial charge < -0.3 is 14.2 Å². The summed E-state index contributed by atoms with van der Waals surface area (Å²) in [5.41, 5.74) is 0. The normalized spacial score (nSPS) is 18.2. The minimum atomic E-state index is -3.25. The van der Waals surface area contributed by atoms with Crippen LogP contribution in [0.25, 0.3) is 0 Å². The van der Waals surface area contributed by atoms with E-state index in [2.05, 4.69) is 27.7 Å². The lowest BCUT2D eigenvalue weighted by Crippen LogP contribution is -2.16. The SMILES string of the molecule is CC(C)CC(C)OP(=O)([CH]CCO)OC(C)CC(C)C. The highest BCUT2D eigenvalue weighted by molar-refractivity contribution is 7.56. The zero-order valence-electron chi connectivity index (χ0n) is 13.8. The van der Waals surface area contributed by atoms with E-state index in [1.165, 1.54) is 6.16 Å². The molecule has 0 saturated carbocycles. The molecule has 0 bridgehead atoms. The number of aliphatic hydroxyl groups is 1. The van der Waals surface area contributed by atoms with Crippen molar-refractivity contribution in [3.8, 4) is 0 Å². The molecule has 0 amide bonds. The van der Waals surface area contributed by atoms with Crippen LogP contribution in [0.3, 0.4) is 0 Å². The molecule has 0 aliphatic rings. The lowest BCUT2D eigenvalue weighted by molar-refractivity contribution is 0.111. The summed E-state index contributed by atoms with van der Waals surface area (Å²) in [6.45, 7) is 12.2. The van der Waals surface area contributed by atoms with Crippen LogP contribution in [0.5, 0.6) is 0 Å². The van der Waals surface area contributed by atoms with Gasteiger partial charge in [0.05, 0.1) is 18.4 Å². The Morgan fingerprint density at radius 3 is 1.65 bits per heavy atom. The van der Waals surface area contributed by atoms with Gasteiger partial charge in [-0.25, -0.2) is 0 Å². The van der Waals surface area contributed by atoms with Gasteiger partial charge in [-0.05, 0) is 44.9 Å². The van der Waals surface area contributed by atoms with E-state index in [9.17, 15) is 4.57 Å². The summed E-state index contributed by atoms with van der Waals surface area (Å²) in [5, 5.41) is 8.93. The van der Waals surface area contributed by atoms with Gasteiger partial charge in [-0.3, -0.25) is 4.57 Å². The lowest BCUT2D eigenvalue weighted by atomic mass is 10.1. The standard InChI is InChI=1S/C15H32O4P/c1-12(2)10-14(5)18-20(17,9-7-8-16)19-15(6)11-13(3)4/h9,12-16H,7-8,10-11H2,1-6H3. The van der Waals surface area contributed by atoms with Crippen LogP contribution in [0, 0.1) is 18.0 Å². The quantitative estimate of drug-likeness (QED) is 0.566. The van der Waals surface area contributed by atoms with Crippen molar-refractivity contribution in [1.29, 1.82) is 0 Å². The zero-order valence-corrected chi connectivity index (χ0v) is 14.7. The van der Waals surface area contributed by atoms with Gasteiger partial charge in [0.1, 0.15) is 0 Å². The Kier molecular flexibility index (Phi) is 10.00. The predicted octanol–water partition coefficient (Wildman–Crippen LogP) is 4.63. The fraction of sp³-hybridized carbons (Fsp3) is 0.933. The van der Waals surface area contributed by atoms with Gasteiger partial charge in [0.2, 0.25) is 0 Å². The third-order valence-corrected chi connectivity index (χ3v) is 4.76. The van der Waals surface area contributed by atoms with Crippen molar-refractivity contribution in [3.63, 3.8) is 0 Å². The molecule has 1 radical (unpaired) electrons. The summed E-state index contributed by atoms with van der Waals surface area (Å²) in [6, 6.07) is 0. The smallest absolute Gasteiger partial charge is 0.335 e. The average Bonchev–Trinajstić information content (AvgIpc) is 2.23. The van der Waals surface area contributed by atoms with Gasteiger partial charge in [0, 0.05) is 6.61 Å². The number of hydrogen-bond acceptors (Lipinski definition) is 4. The van der Waals surface area contributed by atoms with Crippen LogP contribution >= 0.6 is 7.60 Å². The second kappa shape index (κ2) is 9.94. The Labute approximate surface area is 124 Å².